The molecule has 3 aromatic rings. The molecule has 0 saturated carbocycles. The zero-order valence-electron chi connectivity index (χ0n) is 14.4. The Kier molecular flexibility index (Phi) is 4.90. The summed E-state index contributed by atoms with van der Waals surface area (Å²) in [6, 6.07) is 8.93. The molecule has 2 aromatic heterocycles. The van der Waals surface area contributed by atoms with Crippen molar-refractivity contribution in [3.05, 3.63) is 57.9 Å². The van der Waals surface area contributed by atoms with Crippen LogP contribution in [0.4, 0.5) is 5.82 Å². The number of carbonyl (C=O) groups is 1. The average Bonchev–Trinajstić information content (AvgIpc) is 2.87. The van der Waals surface area contributed by atoms with E-state index in [1.807, 2.05) is 26.8 Å². The van der Waals surface area contributed by atoms with Crippen molar-refractivity contribution in [1.29, 1.82) is 0 Å². The summed E-state index contributed by atoms with van der Waals surface area (Å²) < 4.78 is 1.80. The van der Waals surface area contributed by atoms with Crippen LogP contribution >= 0.6 is 11.6 Å². The fourth-order valence-electron chi connectivity index (χ4n) is 2.58. The number of carbonyl (C=O) groups excluding carboxylic acids is 1. The number of benzene rings is 1. The first-order valence-corrected chi connectivity index (χ1v) is 8.45. The van der Waals surface area contributed by atoms with E-state index in [-0.39, 0.29) is 5.91 Å². The molecule has 6 nitrogen and oxygen atoms in total. The van der Waals surface area contributed by atoms with Crippen molar-refractivity contribution < 1.29 is 4.79 Å². The van der Waals surface area contributed by atoms with E-state index in [0.717, 1.165) is 28.4 Å². The number of nitrogens with zero attached hydrogens (tertiary/aromatic N) is 3. The van der Waals surface area contributed by atoms with Crippen LogP contribution in [0.3, 0.4) is 0 Å². The number of nitrogens with one attached hydrogen (secondary N) is 2. The van der Waals surface area contributed by atoms with Crippen LogP contribution in [0.1, 0.15) is 27.3 Å². The maximum Gasteiger partial charge on any atom is 0.252 e. The van der Waals surface area contributed by atoms with Gasteiger partial charge in [-0.1, -0.05) is 23.7 Å². The zero-order valence-corrected chi connectivity index (χ0v) is 15.2. The van der Waals surface area contributed by atoms with Crippen molar-refractivity contribution in [3.8, 4) is 0 Å². The summed E-state index contributed by atoms with van der Waals surface area (Å²) in [5.41, 5.74) is 4.26. The van der Waals surface area contributed by atoms with E-state index in [1.54, 1.807) is 28.8 Å². The normalized spacial score (nSPS) is 10.9. The first-order valence-electron chi connectivity index (χ1n) is 8.07. The van der Waals surface area contributed by atoms with Crippen LogP contribution in [0.15, 0.2) is 30.3 Å². The lowest BCUT2D eigenvalue weighted by atomic mass is 10.2. The van der Waals surface area contributed by atoms with Gasteiger partial charge in [0, 0.05) is 30.4 Å². The monoisotopic (exact) mass is 357 g/mol. The fraction of sp³-hybridized carbons (Fsp3) is 0.278. The van der Waals surface area contributed by atoms with E-state index < -0.39 is 0 Å². The molecule has 25 heavy (non-hydrogen) atoms. The van der Waals surface area contributed by atoms with E-state index in [9.17, 15) is 4.79 Å². The van der Waals surface area contributed by atoms with Crippen LogP contribution < -0.4 is 10.6 Å². The summed E-state index contributed by atoms with van der Waals surface area (Å²) in [5.74, 6) is 0.667. The molecule has 0 unspecified atom stereocenters. The number of aryl methyl sites for hydroxylation is 3. The second kappa shape index (κ2) is 7.11. The smallest absolute Gasteiger partial charge is 0.252 e. The number of fused-ring (bicyclic) bond motifs is 1. The number of hydrogen-bond acceptors (Lipinski definition) is 4. The van der Waals surface area contributed by atoms with Gasteiger partial charge in [-0.3, -0.25) is 4.79 Å². The Balaban J connectivity index is 1.65. The molecule has 0 bridgehead atoms. The van der Waals surface area contributed by atoms with Gasteiger partial charge in [-0.05, 0) is 32.9 Å². The predicted octanol–water partition coefficient (Wildman–Crippen LogP) is 3.15. The molecular weight excluding hydrogens is 338 g/mol. The third kappa shape index (κ3) is 3.58. The number of halogens is 1. The standard InChI is InChI=1S/C18H20ClN5O/c1-11-10-16(24-17(22-11)12(2)13(3)23-24)20-8-9-21-18(25)14-6-4-5-7-15(14)19/h4-7,10,20H,8-9H2,1-3H3,(H,21,25). The largest absolute Gasteiger partial charge is 0.368 e. The van der Waals surface area contributed by atoms with Gasteiger partial charge < -0.3 is 10.6 Å². The average molecular weight is 358 g/mol. The molecule has 3 rings (SSSR count). The Hall–Kier alpha value is -2.60. The highest BCUT2D eigenvalue weighted by Gasteiger charge is 2.11. The molecule has 0 fully saturated rings. The molecule has 0 aliphatic carbocycles. The Bertz CT molecular complexity index is 935. The van der Waals surface area contributed by atoms with E-state index in [1.165, 1.54) is 0 Å². The van der Waals surface area contributed by atoms with Crippen LogP contribution in [0.2, 0.25) is 5.02 Å². The van der Waals surface area contributed by atoms with Crippen LogP contribution in [-0.4, -0.2) is 33.6 Å². The van der Waals surface area contributed by atoms with E-state index in [4.69, 9.17) is 11.6 Å². The maximum atomic E-state index is 12.1. The summed E-state index contributed by atoms with van der Waals surface area (Å²) in [4.78, 5) is 16.7. The Labute approximate surface area is 151 Å². The predicted molar refractivity (Wildman–Crippen MR) is 99.5 cm³/mol. The summed E-state index contributed by atoms with van der Waals surface area (Å²) in [6.45, 7) is 6.95. The maximum absolute atomic E-state index is 12.1. The highest BCUT2D eigenvalue weighted by Crippen LogP contribution is 2.18. The molecular formula is C18H20ClN5O. The van der Waals surface area contributed by atoms with Crippen LogP contribution in [0.25, 0.3) is 5.65 Å². The van der Waals surface area contributed by atoms with Crippen LogP contribution in [0.5, 0.6) is 0 Å². The number of hydrogen-bond donors (Lipinski definition) is 2. The van der Waals surface area contributed by atoms with Crippen LogP contribution in [0, 0.1) is 20.8 Å². The second-order valence-corrected chi connectivity index (χ2v) is 6.30. The molecule has 7 heteroatoms. The molecule has 0 aliphatic rings. The van der Waals surface area contributed by atoms with Crippen molar-refractivity contribution in [2.24, 2.45) is 0 Å². The molecule has 1 aromatic carbocycles. The number of aromatic nitrogens is 3. The molecule has 0 spiro atoms. The van der Waals surface area contributed by atoms with Gasteiger partial charge in [-0.15, -0.1) is 0 Å². The van der Waals surface area contributed by atoms with Gasteiger partial charge in [0.25, 0.3) is 5.91 Å². The van der Waals surface area contributed by atoms with Gasteiger partial charge in [-0.2, -0.15) is 9.61 Å². The van der Waals surface area contributed by atoms with Crippen molar-refractivity contribution in [2.75, 3.05) is 18.4 Å². The molecule has 0 radical (unpaired) electrons. The summed E-state index contributed by atoms with van der Waals surface area (Å²) in [6.07, 6.45) is 0. The quantitative estimate of drug-likeness (QED) is 0.688. The van der Waals surface area contributed by atoms with Gasteiger partial charge in [0.05, 0.1) is 16.3 Å². The highest BCUT2D eigenvalue weighted by molar-refractivity contribution is 6.33. The van der Waals surface area contributed by atoms with Gasteiger partial charge >= 0.3 is 0 Å². The highest BCUT2D eigenvalue weighted by atomic mass is 35.5. The lowest BCUT2D eigenvalue weighted by Gasteiger charge is -2.11. The zero-order chi connectivity index (χ0) is 18.0. The van der Waals surface area contributed by atoms with E-state index in [0.29, 0.717) is 23.7 Å². The molecule has 1 amide bonds. The summed E-state index contributed by atoms with van der Waals surface area (Å²) in [5, 5.41) is 11.1. The van der Waals surface area contributed by atoms with Crippen LogP contribution in [-0.2, 0) is 0 Å². The fourth-order valence-corrected chi connectivity index (χ4v) is 2.81. The molecule has 130 valence electrons. The number of rotatable bonds is 5. The Morgan fingerprint density at radius 1 is 1.20 bits per heavy atom. The Morgan fingerprint density at radius 2 is 1.96 bits per heavy atom. The minimum absolute atomic E-state index is 0.186. The van der Waals surface area contributed by atoms with E-state index >= 15 is 0 Å². The van der Waals surface area contributed by atoms with Crippen molar-refractivity contribution in [2.45, 2.75) is 20.8 Å². The third-order valence-electron chi connectivity index (χ3n) is 4.02. The lowest BCUT2D eigenvalue weighted by molar-refractivity contribution is 0.0955. The minimum atomic E-state index is -0.186. The van der Waals surface area contributed by atoms with Crippen molar-refractivity contribution >= 4 is 29.0 Å². The SMILES string of the molecule is Cc1cc(NCCNC(=O)c2ccccc2Cl)n2nc(C)c(C)c2n1. The molecule has 0 atom stereocenters. The second-order valence-electron chi connectivity index (χ2n) is 5.89. The van der Waals surface area contributed by atoms with Gasteiger partial charge in [0.15, 0.2) is 5.65 Å². The first-order chi connectivity index (χ1) is 12.0. The molecule has 2 heterocycles. The third-order valence-corrected chi connectivity index (χ3v) is 4.35. The van der Waals surface area contributed by atoms with Gasteiger partial charge in [0.2, 0.25) is 0 Å². The van der Waals surface area contributed by atoms with Gasteiger partial charge in [0.1, 0.15) is 5.82 Å². The van der Waals surface area contributed by atoms with E-state index in [2.05, 4.69) is 20.7 Å². The number of amides is 1. The molecule has 0 aliphatic heterocycles. The molecule has 0 saturated heterocycles. The summed E-state index contributed by atoms with van der Waals surface area (Å²) in [7, 11) is 0. The van der Waals surface area contributed by atoms with Crippen molar-refractivity contribution in [3.63, 3.8) is 0 Å². The first kappa shape index (κ1) is 17.2. The van der Waals surface area contributed by atoms with Gasteiger partial charge in [-0.25, -0.2) is 4.98 Å². The number of anilines is 1. The minimum Gasteiger partial charge on any atom is -0.368 e. The molecule has 2 N–H and O–H groups in total. The summed E-state index contributed by atoms with van der Waals surface area (Å²) >= 11 is 6.03. The Morgan fingerprint density at radius 3 is 2.72 bits per heavy atom. The van der Waals surface area contributed by atoms with Crippen molar-refractivity contribution in [1.82, 2.24) is 19.9 Å². The lowest BCUT2D eigenvalue weighted by Crippen LogP contribution is -2.29. The topological polar surface area (TPSA) is 71.3 Å².